The summed E-state index contributed by atoms with van der Waals surface area (Å²) in [6.45, 7) is 9.66. The third-order valence-electron chi connectivity index (χ3n) is 12.5. The fraction of sp³-hybridized carbons (Fsp3) is 0.923. The van der Waals surface area contributed by atoms with E-state index in [0.717, 1.165) is 96.4 Å². The summed E-state index contributed by atoms with van der Waals surface area (Å²) in [5, 5.41) is 3.15. The van der Waals surface area contributed by atoms with Gasteiger partial charge in [-0.3, -0.25) is 24.1 Å². The molecule has 1 fully saturated rings. The number of likely N-dealkylation sites (tertiary alicyclic amines) is 1. The Morgan fingerprint density at radius 1 is 0.548 bits per heavy atom. The number of amides is 1. The number of carbonyl (C=O) groups is 4. The van der Waals surface area contributed by atoms with Crippen molar-refractivity contribution in [2.45, 2.75) is 264 Å². The number of unbranched alkanes of at least 4 members (excludes halogenated alkanes) is 24. The normalized spacial score (nSPS) is 15.4. The summed E-state index contributed by atoms with van der Waals surface area (Å²) in [6, 6.07) is -0.473. The van der Waals surface area contributed by atoms with Crippen LogP contribution < -0.4 is 5.32 Å². The summed E-state index contributed by atoms with van der Waals surface area (Å²) in [7, 11) is 3.91. The summed E-state index contributed by atoms with van der Waals surface area (Å²) in [5.74, 6) is -0.366. The first-order chi connectivity index (χ1) is 30.2. The molecule has 0 spiro atoms. The van der Waals surface area contributed by atoms with E-state index in [0.29, 0.717) is 52.0 Å². The Balaban J connectivity index is 2.38. The molecular formula is C52H99N3O7. The van der Waals surface area contributed by atoms with Gasteiger partial charge < -0.3 is 24.4 Å². The van der Waals surface area contributed by atoms with Crippen molar-refractivity contribution >= 4 is 23.8 Å². The number of hydrogen-bond donors (Lipinski definition) is 1. The van der Waals surface area contributed by atoms with Gasteiger partial charge >= 0.3 is 17.9 Å². The molecule has 364 valence electrons. The van der Waals surface area contributed by atoms with E-state index in [1.54, 1.807) is 0 Å². The van der Waals surface area contributed by atoms with Crippen molar-refractivity contribution in [3.63, 3.8) is 0 Å². The number of rotatable bonds is 44. The number of nitrogens with zero attached hydrogens (tertiary/aromatic N) is 2. The molecule has 10 nitrogen and oxygen atoms in total. The molecule has 1 aliphatic heterocycles. The van der Waals surface area contributed by atoms with Crippen LogP contribution in [0.1, 0.15) is 245 Å². The van der Waals surface area contributed by atoms with E-state index in [4.69, 9.17) is 14.2 Å². The second-order valence-corrected chi connectivity index (χ2v) is 18.8. The van der Waals surface area contributed by atoms with Gasteiger partial charge in [0, 0.05) is 38.4 Å². The Bertz CT molecular complexity index is 1070. The van der Waals surface area contributed by atoms with E-state index >= 15 is 0 Å². The van der Waals surface area contributed by atoms with Crippen molar-refractivity contribution in [1.82, 2.24) is 15.1 Å². The van der Waals surface area contributed by atoms with Crippen LogP contribution in [0.25, 0.3) is 0 Å². The van der Waals surface area contributed by atoms with E-state index in [9.17, 15) is 19.2 Å². The monoisotopic (exact) mass is 878 g/mol. The Labute approximate surface area is 381 Å². The number of esters is 3. The van der Waals surface area contributed by atoms with E-state index < -0.39 is 0 Å². The average Bonchev–Trinajstić information content (AvgIpc) is 3.65. The topological polar surface area (TPSA) is 114 Å². The molecule has 0 unspecified atom stereocenters. The predicted molar refractivity (Wildman–Crippen MR) is 256 cm³/mol. The Hall–Kier alpha value is -2.20. The second kappa shape index (κ2) is 41.5. The fourth-order valence-electron chi connectivity index (χ4n) is 8.54. The lowest BCUT2D eigenvalue weighted by Crippen LogP contribution is -2.39. The van der Waals surface area contributed by atoms with Crippen LogP contribution in [0, 0.1) is 0 Å². The molecule has 0 bridgehead atoms. The smallest absolute Gasteiger partial charge is 0.323 e. The summed E-state index contributed by atoms with van der Waals surface area (Å²) in [4.78, 5) is 55.3. The van der Waals surface area contributed by atoms with Crippen molar-refractivity contribution in [3.05, 3.63) is 0 Å². The Morgan fingerprint density at radius 3 is 1.53 bits per heavy atom. The van der Waals surface area contributed by atoms with Crippen molar-refractivity contribution < 1.29 is 33.4 Å². The molecule has 10 heteroatoms. The molecule has 2 atom stereocenters. The molecule has 0 aromatic rings. The van der Waals surface area contributed by atoms with E-state index in [1.165, 1.54) is 109 Å². The molecule has 0 aromatic carbocycles. The summed E-state index contributed by atoms with van der Waals surface area (Å²) in [5.41, 5.74) is 0. The highest BCUT2D eigenvalue weighted by Gasteiger charge is 2.38. The molecular weight excluding hydrogens is 779 g/mol. The highest BCUT2D eigenvalue weighted by molar-refractivity contribution is 5.78. The predicted octanol–water partition coefficient (Wildman–Crippen LogP) is 12.4. The van der Waals surface area contributed by atoms with Crippen LogP contribution in [0.5, 0.6) is 0 Å². The molecule has 1 aliphatic rings. The Morgan fingerprint density at radius 2 is 1.00 bits per heavy atom. The Kier molecular flexibility index (Phi) is 38.7. The summed E-state index contributed by atoms with van der Waals surface area (Å²) < 4.78 is 17.3. The quantitative estimate of drug-likeness (QED) is 0.0363. The molecule has 1 amide bonds. The first kappa shape index (κ1) is 57.8. The minimum Gasteiger partial charge on any atom is -0.466 e. The van der Waals surface area contributed by atoms with Crippen molar-refractivity contribution in [1.29, 1.82) is 0 Å². The fourth-order valence-corrected chi connectivity index (χ4v) is 8.54. The zero-order chi connectivity index (χ0) is 45.3. The van der Waals surface area contributed by atoms with Gasteiger partial charge in [0.05, 0.1) is 13.2 Å². The molecule has 1 saturated heterocycles. The van der Waals surface area contributed by atoms with Crippen LogP contribution in [0.4, 0.5) is 0 Å². The van der Waals surface area contributed by atoms with Gasteiger partial charge in [-0.25, -0.2) is 0 Å². The number of nitrogens with one attached hydrogen (secondary N) is 1. The molecule has 0 aromatic heterocycles. The molecule has 1 N–H and O–H groups in total. The van der Waals surface area contributed by atoms with Crippen molar-refractivity contribution in [2.24, 2.45) is 0 Å². The largest absolute Gasteiger partial charge is 0.466 e. The lowest BCUT2D eigenvalue weighted by Gasteiger charge is -2.22. The lowest BCUT2D eigenvalue weighted by molar-refractivity contribution is -0.150. The summed E-state index contributed by atoms with van der Waals surface area (Å²) >= 11 is 0. The van der Waals surface area contributed by atoms with Crippen LogP contribution in [0.3, 0.4) is 0 Å². The van der Waals surface area contributed by atoms with Gasteiger partial charge in [-0.2, -0.15) is 0 Å². The molecule has 1 rings (SSSR count). The minimum absolute atomic E-state index is 0.00741. The minimum atomic E-state index is -0.382. The third kappa shape index (κ3) is 34.2. The van der Waals surface area contributed by atoms with Crippen LogP contribution in [0.2, 0.25) is 0 Å². The van der Waals surface area contributed by atoms with Gasteiger partial charge in [-0.1, -0.05) is 162 Å². The highest BCUT2D eigenvalue weighted by atomic mass is 16.5. The van der Waals surface area contributed by atoms with Gasteiger partial charge in [0.2, 0.25) is 5.91 Å². The maximum Gasteiger partial charge on any atom is 0.323 e. The van der Waals surface area contributed by atoms with Crippen molar-refractivity contribution in [3.8, 4) is 0 Å². The highest BCUT2D eigenvalue weighted by Crippen LogP contribution is 2.22. The van der Waals surface area contributed by atoms with Gasteiger partial charge in [-0.05, 0) is 84.8 Å². The van der Waals surface area contributed by atoms with Crippen LogP contribution in [0.15, 0.2) is 0 Å². The number of carbonyl (C=O) groups excluding carboxylic acids is 4. The maximum atomic E-state index is 13.4. The SMILES string of the molecule is CCCCCCCCCCCOC(=O)CCCCCN1C[C@@H](NC(=O)CCN(C)C)C[C@H]1C(=O)OCCCCCCCC(=O)OC(CCCCCCCC)CCCCCCCC. The molecule has 0 saturated carbocycles. The number of ether oxygens (including phenoxy) is 3. The van der Waals surface area contributed by atoms with Gasteiger partial charge in [0.1, 0.15) is 12.1 Å². The summed E-state index contributed by atoms with van der Waals surface area (Å²) in [6.07, 6.45) is 37.2. The van der Waals surface area contributed by atoms with E-state index in [1.807, 2.05) is 19.0 Å². The molecule has 62 heavy (non-hydrogen) atoms. The first-order valence-electron chi connectivity index (χ1n) is 26.4. The number of hydrogen-bond acceptors (Lipinski definition) is 9. The zero-order valence-electron chi connectivity index (χ0n) is 41.3. The first-order valence-corrected chi connectivity index (χ1v) is 26.4. The standard InChI is InChI=1S/C52H99N3O7/c1-6-9-12-15-18-19-20-25-33-42-60-50(57)37-31-27-32-40-55-45-46(53-49(56)39-41-54(4)5)44-48(55)52(59)61-43-34-26-21-24-30-38-51(58)62-47(35-28-22-16-13-10-7-2)36-29-23-17-14-11-8-3/h46-48H,6-45H2,1-5H3,(H,53,56)/t46-,48-/m0/s1. The van der Waals surface area contributed by atoms with Crippen LogP contribution in [-0.2, 0) is 33.4 Å². The van der Waals surface area contributed by atoms with Crippen LogP contribution in [-0.4, -0.2) is 98.7 Å². The molecule has 1 heterocycles. The molecule has 0 radical (unpaired) electrons. The van der Waals surface area contributed by atoms with E-state index in [2.05, 4.69) is 31.0 Å². The average molecular weight is 878 g/mol. The van der Waals surface area contributed by atoms with E-state index in [-0.39, 0.29) is 42.0 Å². The lowest BCUT2D eigenvalue weighted by atomic mass is 10.0. The zero-order valence-corrected chi connectivity index (χ0v) is 41.3. The van der Waals surface area contributed by atoms with Gasteiger partial charge in [-0.15, -0.1) is 0 Å². The van der Waals surface area contributed by atoms with Gasteiger partial charge in [0.25, 0.3) is 0 Å². The van der Waals surface area contributed by atoms with Crippen molar-refractivity contribution in [2.75, 3.05) is 46.9 Å². The maximum absolute atomic E-state index is 13.4. The third-order valence-corrected chi connectivity index (χ3v) is 12.5. The van der Waals surface area contributed by atoms with Crippen LogP contribution >= 0.6 is 0 Å². The second-order valence-electron chi connectivity index (χ2n) is 18.8. The van der Waals surface area contributed by atoms with Gasteiger partial charge in [0.15, 0.2) is 0 Å². The molecule has 0 aliphatic carbocycles.